The van der Waals surface area contributed by atoms with Crippen molar-refractivity contribution >= 4 is 11.8 Å². The van der Waals surface area contributed by atoms with Crippen molar-refractivity contribution in [3.63, 3.8) is 0 Å². The van der Waals surface area contributed by atoms with Gasteiger partial charge in [0.1, 0.15) is 6.04 Å². The van der Waals surface area contributed by atoms with Crippen LogP contribution >= 0.6 is 0 Å². The molecule has 2 unspecified atom stereocenters. The van der Waals surface area contributed by atoms with E-state index in [1.54, 1.807) is 0 Å². The normalized spacial score (nSPS) is 22.7. The number of carbonyl (C=O) groups is 2. The highest BCUT2D eigenvalue weighted by atomic mass is 16.5. The molecule has 8 heteroatoms. The molecule has 0 saturated carbocycles. The number of aryl methyl sites for hydroxylation is 1. The second kappa shape index (κ2) is 13.5. The van der Waals surface area contributed by atoms with Crippen LogP contribution in [0.5, 0.6) is 0 Å². The van der Waals surface area contributed by atoms with Crippen molar-refractivity contribution < 1.29 is 14.3 Å². The Kier molecular flexibility index (Phi) is 9.63. The van der Waals surface area contributed by atoms with Gasteiger partial charge in [0.2, 0.25) is 5.91 Å². The summed E-state index contributed by atoms with van der Waals surface area (Å²) in [6, 6.07) is 17.9. The molecule has 1 N–H and O–H groups in total. The Labute approximate surface area is 232 Å². The van der Waals surface area contributed by atoms with Crippen LogP contribution in [0.2, 0.25) is 0 Å². The van der Waals surface area contributed by atoms with Crippen LogP contribution in [0.15, 0.2) is 54.6 Å². The zero-order valence-electron chi connectivity index (χ0n) is 23.3. The molecule has 8 nitrogen and oxygen atoms in total. The smallest absolute Gasteiger partial charge is 0.254 e. The monoisotopic (exact) mass is 533 g/mol. The van der Waals surface area contributed by atoms with Gasteiger partial charge in [-0.1, -0.05) is 48.0 Å². The fourth-order valence-electron chi connectivity index (χ4n) is 5.98. The van der Waals surface area contributed by atoms with Crippen LogP contribution in [0.1, 0.15) is 34.3 Å². The molecule has 0 spiro atoms. The van der Waals surface area contributed by atoms with Gasteiger partial charge in [-0.25, -0.2) is 0 Å². The molecule has 2 aromatic rings. The fraction of sp³-hybridized carbons (Fsp3) is 0.548. The van der Waals surface area contributed by atoms with Crippen LogP contribution in [-0.4, -0.2) is 116 Å². The van der Waals surface area contributed by atoms with Gasteiger partial charge in [-0.2, -0.15) is 0 Å². The van der Waals surface area contributed by atoms with Crippen LogP contribution in [0.3, 0.4) is 0 Å². The van der Waals surface area contributed by atoms with Gasteiger partial charge < -0.3 is 19.9 Å². The number of likely N-dealkylation sites (tertiary alicyclic amines) is 1. The van der Waals surface area contributed by atoms with Gasteiger partial charge >= 0.3 is 0 Å². The van der Waals surface area contributed by atoms with Crippen LogP contribution in [-0.2, 0) is 16.1 Å². The molecule has 3 aliphatic rings. The predicted molar refractivity (Wildman–Crippen MR) is 153 cm³/mol. The standard InChI is InChI=1S/C31H43N5O3/c1-25-8-10-27(11-9-25)30(37)36-24-28(22-29(36)31(38)34-14-5-12-32-13-15-34)35(23-26-6-3-2-4-7-26)17-16-33-18-20-39-21-19-33/h2-4,6-11,28-29,32H,5,12-24H2,1H3. The Morgan fingerprint density at radius 1 is 0.974 bits per heavy atom. The first-order valence-corrected chi connectivity index (χ1v) is 14.5. The summed E-state index contributed by atoms with van der Waals surface area (Å²) >= 11 is 0. The maximum absolute atomic E-state index is 13.9. The summed E-state index contributed by atoms with van der Waals surface area (Å²) < 4.78 is 5.55. The van der Waals surface area contributed by atoms with Crippen molar-refractivity contribution in [2.45, 2.75) is 38.4 Å². The van der Waals surface area contributed by atoms with E-state index in [4.69, 9.17) is 4.74 Å². The van der Waals surface area contributed by atoms with Gasteiger partial charge in [-0.05, 0) is 44.0 Å². The first-order valence-electron chi connectivity index (χ1n) is 14.5. The molecule has 5 rings (SSSR count). The number of hydrogen-bond donors (Lipinski definition) is 1. The first-order chi connectivity index (χ1) is 19.1. The SMILES string of the molecule is Cc1ccc(C(=O)N2CC(N(CCN3CCOCC3)Cc3ccccc3)CC2C(=O)N2CCCNCC2)cc1. The maximum atomic E-state index is 13.9. The van der Waals surface area contributed by atoms with Gasteiger partial charge in [-0.15, -0.1) is 0 Å². The van der Waals surface area contributed by atoms with Gasteiger partial charge in [0.25, 0.3) is 5.91 Å². The van der Waals surface area contributed by atoms with E-state index in [2.05, 4.69) is 39.4 Å². The number of rotatable bonds is 8. The minimum absolute atomic E-state index is 0.0448. The molecule has 0 aliphatic carbocycles. The number of carbonyl (C=O) groups excluding carboxylic acids is 2. The zero-order valence-corrected chi connectivity index (χ0v) is 23.3. The van der Waals surface area contributed by atoms with Gasteiger partial charge in [0.05, 0.1) is 13.2 Å². The Morgan fingerprint density at radius 3 is 2.51 bits per heavy atom. The van der Waals surface area contributed by atoms with Gasteiger partial charge in [-0.3, -0.25) is 19.4 Å². The molecule has 3 heterocycles. The third-order valence-electron chi connectivity index (χ3n) is 8.33. The number of nitrogens with one attached hydrogen (secondary N) is 1. The van der Waals surface area contributed by atoms with Crippen molar-refractivity contribution in [2.24, 2.45) is 0 Å². The van der Waals surface area contributed by atoms with E-state index in [1.807, 2.05) is 47.1 Å². The van der Waals surface area contributed by atoms with E-state index in [0.717, 1.165) is 77.6 Å². The lowest BCUT2D eigenvalue weighted by Crippen LogP contribution is -2.48. The lowest BCUT2D eigenvalue weighted by Gasteiger charge is -2.33. The molecule has 2 atom stereocenters. The molecule has 3 aliphatic heterocycles. The van der Waals surface area contributed by atoms with Gasteiger partial charge in [0, 0.05) is 70.5 Å². The van der Waals surface area contributed by atoms with E-state index in [9.17, 15) is 9.59 Å². The molecule has 0 bridgehead atoms. The number of nitrogens with zero attached hydrogens (tertiary/aromatic N) is 4. The fourth-order valence-corrected chi connectivity index (χ4v) is 5.98. The van der Waals surface area contributed by atoms with E-state index < -0.39 is 6.04 Å². The van der Waals surface area contributed by atoms with Crippen molar-refractivity contribution in [3.8, 4) is 0 Å². The molecule has 2 amide bonds. The highest BCUT2D eigenvalue weighted by Gasteiger charge is 2.43. The van der Waals surface area contributed by atoms with Crippen molar-refractivity contribution in [3.05, 3.63) is 71.3 Å². The zero-order chi connectivity index (χ0) is 27.0. The third kappa shape index (κ3) is 7.25. The van der Waals surface area contributed by atoms with E-state index in [1.165, 1.54) is 5.56 Å². The second-order valence-corrected chi connectivity index (χ2v) is 11.1. The first kappa shape index (κ1) is 27.8. The van der Waals surface area contributed by atoms with E-state index in [0.29, 0.717) is 25.1 Å². The lowest BCUT2D eigenvalue weighted by atomic mass is 10.1. The Morgan fingerprint density at radius 2 is 1.74 bits per heavy atom. The molecule has 210 valence electrons. The number of benzene rings is 2. The number of hydrogen-bond acceptors (Lipinski definition) is 6. The number of amides is 2. The summed E-state index contributed by atoms with van der Waals surface area (Å²) in [5.74, 6) is 0.0474. The molecule has 0 radical (unpaired) electrons. The molecule has 2 aromatic carbocycles. The summed E-state index contributed by atoms with van der Waals surface area (Å²) in [6.45, 7) is 11.8. The molecule has 0 aromatic heterocycles. The number of morpholine rings is 1. The third-order valence-corrected chi connectivity index (χ3v) is 8.33. The van der Waals surface area contributed by atoms with Crippen molar-refractivity contribution in [1.29, 1.82) is 0 Å². The number of ether oxygens (including phenoxy) is 1. The average molecular weight is 534 g/mol. The Bertz CT molecular complexity index is 1070. The summed E-state index contributed by atoms with van der Waals surface area (Å²) in [5.41, 5.74) is 3.02. The summed E-state index contributed by atoms with van der Waals surface area (Å²) in [6.07, 6.45) is 1.60. The van der Waals surface area contributed by atoms with Crippen LogP contribution in [0.25, 0.3) is 0 Å². The van der Waals surface area contributed by atoms with Crippen molar-refractivity contribution in [2.75, 3.05) is 72.1 Å². The summed E-state index contributed by atoms with van der Waals surface area (Å²) in [7, 11) is 0. The van der Waals surface area contributed by atoms with Crippen LogP contribution in [0, 0.1) is 6.92 Å². The summed E-state index contributed by atoms with van der Waals surface area (Å²) in [5, 5.41) is 3.39. The Hall–Kier alpha value is -2.78. The van der Waals surface area contributed by atoms with Gasteiger partial charge in [0.15, 0.2) is 0 Å². The molecule has 3 fully saturated rings. The minimum Gasteiger partial charge on any atom is -0.379 e. The highest BCUT2D eigenvalue weighted by Crippen LogP contribution is 2.28. The maximum Gasteiger partial charge on any atom is 0.254 e. The molecular formula is C31H43N5O3. The lowest BCUT2D eigenvalue weighted by molar-refractivity contribution is -0.135. The van der Waals surface area contributed by atoms with Crippen molar-refractivity contribution in [1.82, 2.24) is 24.9 Å². The van der Waals surface area contributed by atoms with E-state index in [-0.39, 0.29) is 17.9 Å². The predicted octanol–water partition coefficient (Wildman–Crippen LogP) is 2.23. The largest absolute Gasteiger partial charge is 0.379 e. The topological polar surface area (TPSA) is 68.4 Å². The second-order valence-electron chi connectivity index (χ2n) is 11.1. The minimum atomic E-state index is -0.441. The van der Waals surface area contributed by atoms with E-state index >= 15 is 0 Å². The summed E-state index contributed by atoms with van der Waals surface area (Å²) in [4.78, 5) is 36.6. The average Bonchev–Trinajstić information content (AvgIpc) is 3.23. The molecular weight excluding hydrogens is 490 g/mol. The quantitative estimate of drug-likeness (QED) is 0.562. The molecule has 3 saturated heterocycles. The van der Waals surface area contributed by atoms with Crippen LogP contribution < -0.4 is 5.32 Å². The molecule has 39 heavy (non-hydrogen) atoms. The Balaban J connectivity index is 1.38. The van der Waals surface area contributed by atoms with Crippen LogP contribution in [0.4, 0.5) is 0 Å². The highest BCUT2D eigenvalue weighted by molar-refractivity contribution is 5.98.